The van der Waals surface area contributed by atoms with Gasteiger partial charge in [0.15, 0.2) is 0 Å². The summed E-state index contributed by atoms with van der Waals surface area (Å²) in [7, 11) is 0. The number of benzene rings is 1. The molecule has 0 unspecified atom stereocenters. The normalized spacial score (nSPS) is 10.9. The summed E-state index contributed by atoms with van der Waals surface area (Å²) in [6.07, 6.45) is 0.456. The van der Waals surface area contributed by atoms with Crippen molar-refractivity contribution >= 4 is 17.2 Å². The molecule has 130 valence electrons. The average molecular weight is 362 g/mol. The molecule has 25 heavy (non-hydrogen) atoms. The van der Waals surface area contributed by atoms with Gasteiger partial charge in [-0.1, -0.05) is 6.07 Å². The van der Waals surface area contributed by atoms with E-state index in [9.17, 15) is 13.6 Å². The highest BCUT2D eigenvalue weighted by atomic mass is 32.1. The Hall–Kier alpha value is -2.61. The second-order valence-electron chi connectivity index (χ2n) is 5.56. The predicted octanol–water partition coefficient (Wildman–Crippen LogP) is 3.20. The molecule has 3 aromatic rings. The van der Waals surface area contributed by atoms with E-state index in [1.807, 2.05) is 25.3 Å². The van der Waals surface area contributed by atoms with Crippen LogP contribution in [0.15, 0.2) is 29.6 Å². The van der Waals surface area contributed by atoms with Gasteiger partial charge in [-0.15, -0.1) is 11.3 Å². The molecule has 0 aliphatic heterocycles. The monoisotopic (exact) mass is 362 g/mol. The number of thiazole rings is 1. The summed E-state index contributed by atoms with van der Waals surface area (Å²) in [6, 6.07) is 5.29. The van der Waals surface area contributed by atoms with Crippen molar-refractivity contribution in [2.75, 3.05) is 6.54 Å². The number of nitrogens with one attached hydrogen (secondary N) is 1. The average Bonchev–Trinajstić information content (AvgIpc) is 3.13. The second kappa shape index (κ2) is 7.10. The van der Waals surface area contributed by atoms with Crippen molar-refractivity contribution in [2.45, 2.75) is 20.3 Å². The highest BCUT2D eigenvalue weighted by Crippen LogP contribution is 2.17. The van der Waals surface area contributed by atoms with E-state index in [-0.39, 0.29) is 6.54 Å². The lowest BCUT2D eigenvalue weighted by atomic mass is 10.2. The first-order chi connectivity index (χ1) is 12.0. The molecule has 1 N–H and O–H groups in total. The van der Waals surface area contributed by atoms with E-state index in [2.05, 4.69) is 15.4 Å². The van der Waals surface area contributed by atoms with Gasteiger partial charge >= 0.3 is 0 Å². The number of carbonyl (C=O) groups is 1. The number of halogens is 2. The smallest absolute Gasteiger partial charge is 0.257 e. The minimum absolute atomic E-state index is 0.229. The third-order valence-electron chi connectivity index (χ3n) is 3.59. The third-order valence-corrected chi connectivity index (χ3v) is 4.45. The lowest BCUT2D eigenvalue weighted by Crippen LogP contribution is -2.27. The standard InChI is InChI=1S/C17H16F2N4OS/c1-10-8-11(2)23(22-10)17-21-12(9-25-17)6-7-20-16(24)15-13(18)4-3-5-14(15)19/h3-5,8-9H,6-7H2,1-2H3,(H,20,24). The zero-order valence-corrected chi connectivity index (χ0v) is 14.5. The number of hydrogen-bond donors (Lipinski definition) is 1. The zero-order chi connectivity index (χ0) is 18.0. The van der Waals surface area contributed by atoms with Gasteiger partial charge in [-0.3, -0.25) is 4.79 Å². The number of aromatic nitrogens is 3. The fraction of sp³-hybridized carbons (Fsp3) is 0.235. The van der Waals surface area contributed by atoms with Gasteiger partial charge in [0.1, 0.15) is 17.2 Å². The third kappa shape index (κ3) is 3.74. The Balaban J connectivity index is 1.61. The van der Waals surface area contributed by atoms with Crippen LogP contribution in [0.3, 0.4) is 0 Å². The van der Waals surface area contributed by atoms with Crippen LogP contribution < -0.4 is 5.32 Å². The van der Waals surface area contributed by atoms with E-state index in [0.29, 0.717) is 6.42 Å². The summed E-state index contributed by atoms with van der Waals surface area (Å²) >= 11 is 1.45. The van der Waals surface area contributed by atoms with E-state index < -0.39 is 23.1 Å². The molecule has 0 aliphatic rings. The van der Waals surface area contributed by atoms with Crippen molar-refractivity contribution < 1.29 is 13.6 Å². The van der Waals surface area contributed by atoms with Gasteiger partial charge in [-0.05, 0) is 32.0 Å². The Morgan fingerprint density at radius 3 is 2.64 bits per heavy atom. The van der Waals surface area contributed by atoms with Crippen molar-refractivity contribution in [3.63, 3.8) is 0 Å². The van der Waals surface area contributed by atoms with E-state index in [1.54, 1.807) is 4.68 Å². The minimum Gasteiger partial charge on any atom is -0.351 e. The Bertz CT molecular complexity index is 899. The van der Waals surface area contributed by atoms with Crippen LogP contribution in [0.25, 0.3) is 5.13 Å². The van der Waals surface area contributed by atoms with Crippen LogP contribution >= 0.6 is 11.3 Å². The van der Waals surface area contributed by atoms with E-state index in [1.165, 1.54) is 17.4 Å². The number of amides is 1. The van der Waals surface area contributed by atoms with Crippen LogP contribution in [0.5, 0.6) is 0 Å². The van der Waals surface area contributed by atoms with Crippen LogP contribution in [-0.2, 0) is 6.42 Å². The largest absolute Gasteiger partial charge is 0.351 e. The lowest BCUT2D eigenvalue weighted by Gasteiger charge is -2.06. The summed E-state index contributed by atoms with van der Waals surface area (Å²) < 4.78 is 28.9. The highest BCUT2D eigenvalue weighted by molar-refractivity contribution is 7.12. The van der Waals surface area contributed by atoms with Gasteiger partial charge in [0.2, 0.25) is 5.13 Å². The molecule has 1 amide bonds. The molecule has 5 nitrogen and oxygen atoms in total. The fourth-order valence-electron chi connectivity index (χ4n) is 2.44. The molecule has 2 heterocycles. The summed E-state index contributed by atoms with van der Waals surface area (Å²) in [6.45, 7) is 4.09. The molecular formula is C17H16F2N4OS. The minimum atomic E-state index is -0.877. The van der Waals surface area contributed by atoms with Crippen molar-refractivity contribution in [3.05, 3.63) is 63.9 Å². The van der Waals surface area contributed by atoms with E-state index in [0.717, 1.165) is 34.3 Å². The van der Waals surface area contributed by atoms with Crippen LogP contribution in [-0.4, -0.2) is 27.2 Å². The van der Waals surface area contributed by atoms with Gasteiger partial charge in [-0.2, -0.15) is 5.10 Å². The van der Waals surface area contributed by atoms with Gasteiger partial charge in [-0.25, -0.2) is 18.4 Å². The maximum atomic E-state index is 13.6. The van der Waals surface area contributed by atoms with Crippen molar-refractivity contribution in [2.24, 2.45) is 0 Å². The molecule has 0 spiro atoms. The Morgan fingerprint density at radius 2 is 2.00 bits per heavy atom. The van der Waals surface area contributed by atoms with Crippen molar-refractivity contribution in [3.8, 4) is 5.13 Å². The highest BCUT2D eigenvalue weighted by Gasteiger charge is 2.16. The Morgan fingerprint density at radius 1 is 1.28 bits per heavy atom. The van der Waals surface area contributed by atoms with Crippen LogP contribution in [0.4, 0.5) is 8.78 Å². The van der Waals surface area contributed by atoms with Crippen LogP contribution in [0, 0.1) is 25.5 Å². The maximum absolute atomic E-state index is 13.6. The first-order valence-corrected chi connectivity index (χ1v) is 8.54. The first-order valence-electron chi connectivity index (χ1n) is 7.66. The number of carbonyl (C=O) groups excluding carboxylic acids is 1. The zero-order valence-electron chi connectivity index (χ0n) is 13.7. The van der Waals surface area contributed by atoms with Gasteiger partial charge in [0.05, 0.1) is 11.4 Å². The molecule has 3 rings (SSSR count). The fourth-order valence-corrected chi connectivity index (χ4v) is 3.30. The molecule has 8 heteroatoms. The molecule has 0 radical (unpaired) electrons. The topological polar surface area (TPSA) is 59.8 Å². The Kier molecular flexibility index (Phi) is 4.89. The summed E-state index contributed by atoms with van der Waals surface area (Å²) in [5.41, 5.74) is 2.11. The predicted molar refractivity (Wildman–Crippen MR) is 91.1 cm³/mol. The molecule has 0 atom stereocenters. The van der Waals surface area contributed by atoms with E-state index in [4.69, 9.17) is 0 Å². The van der Waals surface area contributed by atoms with Crippen molar-refractivity contribution in [1.29, 1.82) is 0 Å². The molecule has 1 aromatic carbocycles. The molecular weight excluding hydrogens is 346 g/mol. The van der Waals surface area contributed by atoms with Crippen molar-refractivity contribution in [1.82, 2.24) is 20.1 Å². The number of hydrogen-bond acceptors (Lipinski definition) is 4. The number of rotatable bonds is 5. The summed E-state index contributed by atoms with van der Waals surface area (Å²) in [5, 5.41) is 9.51. The van der Waals surface area contributed by atoms with Gasteiger partial charge in [0.25, 0.3) is 5.91 Å². The van der Waals surface area contributed by atoms with Crippen LogP contribution in [0.1, 0.15) is 27.4 Å². The van der Waals surface area contributed by atoms with Gasteiger partial charge < -0.3 is 5.32 Å². The molecule has 0 fully saturated rings. The molecule has 0 saturated heterocycles. The Labute approximate surface area is 147 Å². The number of aryl methyl sites for hydroxylation is 2. The van der Waals surface area contributed by atoms with Gasteiger partial charge in [0, 0.05) is 24.0 Å². The molecule has 2 aromatic heterocycles. The summed E-state index contributed by atoms with van der Waals surface area (Å²) in [5.74, 6) is -2.53. The quantitative estimate of drug-likeness (QED) is 0.758. The first kappa shape index (κ1) is 17.2. The van der Waals surface area contributed by atoms with E-state index >= 15 is 0 Å². The molecule has 0 bridgehead atoms. The molecule has 0 aliphatic carbocycles. The van der Waals surface area contributed by atoms with Crippen LogP contribution in [0.2, 0.25) is 0 Å². The SMILES string of the molecule is Cc1cc(C)n(-c2nc(CCNC(=O)c3c(F)cccc3F)cs2)n1. The maximum Gasteiger partial charge on any atom is 0.257 e. The lowest BCUT2D eigenvalue weighted by molar-refractivity contribution is 0.0945. The molecule has 0 saturated carbocycles. The second-order valence-corrected chi connectivity index (χ2v) is 6.40. The number of nitrogens with zero attached hydrogens (tertiary/aromatic N) is 3. The summed E-state index contributed by atoms with van der Waals surface area (Å²) in [4.78, 5) is 16.4.